The number of carbonyl (C=O) groups excluding carboxylic acids is 1. The largest absolute Gasteiger partial charge is 0.417 e. The molecule has 0 aliphatic carbocycles. The number of pyridine rings is 1. The molecular formula is C21H21ClF3N3OS. The Morgan fingerprint density at radius 3 is 2.63 bits per heavy atom. The molecule has 4 nitrogen and oxygen atoms in total. The number of halogens is 4. The van der Waals surface area contributed by atoms with E-state index in [0.717, 1.165) is 24.4 Å². The van der Waals surface area contributed by atoms with E-state index in [1.807, 2.05) is 28.8 Å². The number of benzene rings is 1. The Balaban J connectivity index is 1.37. The highest BCUT2D eigenvalue weighted by Crippen LogP contribution is 2.37. The van der Waals surface area contributed by atoms with Crippen molar-refractivity contribution in [2.45, 2.75) is 36.4 Å². The van der Waals surface area contributed by atoms with E-state index >= 15 is 0 Å². The van der Waals surface area contributed by atoms with Crippen LogP contribution in [0.1, 0.15) is 36.4 Å². The van der Waals surface area contributed by atoms with Gasteiger partial charge < -0.3 is 10.2 Å². The first-order chi connectivity index (χ1) is 14.3. The zero-order valence-electron chi connectivity index (χ0n) is 16.1. The Morgan fingerprint density at radius 2 is 1.93 bits per heavy atom. The van der Waals surface area contributed by atoms with Crippen LogP contribution >= 0.6 is 23.4 Å². The van der Waals surface area contributed by atoms with Crippen molar-refractivity contribution >= 4 is 35.1 Å². The molecule has 2 aliphatic heterocycles. The molecule has 1 N–H and O–H groups in total. The molecule has 0 spiro atoms. The van der Waals surface area contributed by atoms with Gasteiger partial charge in [-0.15, -0.1) is 11.8 Å². The summed E-state index contributed by atoms with van der Waals surface area (Å²) >= 11 is 7.87. The first-order valence-electron chi connectivity index (χ1n) is 9.82. The number of nitrogens with one attached hydrogen (secondary N) is 1. The van der Waals surface area contributed by atoms with Crippen LogP contribution < -0.4 is 10.2 Å². The monoisotopic (exact) mass is 455 g/mol. The molecule has 3 heterocycles. The Morgan fingerprint density at radius 1 is 1.20 bits per heavy atom. The molecule has 1 atom stereocenters. The Hall–Kier alpha value is -1.93. The van der Waals surface area contributed by atoms with Crippen LogP contribution in [0.25, 0.3) is 0 Å². The number of hydrogen-bond acceptors (Lipinski definition) is 4. The van der Waals surface area contributed by atoms with Crippen LogP contribution in [-0.2, 0) is 11.0 Å². The van der Waals surface area contributed by atoms with Gasteiger partial charge in [0.1, 0.15) is 5.82 Å². The molecule has 2 aromatic rings. The number of hydrogen-bond donors (Lipinski definition) is 1. The van der Waals surface area contributed by atoms with Crippen LogP contribution in [0.15, 0.2) is 41.4 Å². The summed E-state index contributed by atoms with van der Waals surface area (Å²) in [6.07, 6.45) is -1.56. The first-order valence-corrected chi connectivity index (χ1v) is 11.2. The molecule has 4 rings (SSSR count). The number of nitrogens with zero attached hydrogens (tertiary/aromatic N) is 2. The number of fused-ring (bicyclic) bond motifs is 1. The van der Waals surface area contributed by atoms with Gasteiger partial charge in [-0.05, 0) is 37.0 Å². The van der Waals surface area contributed by atoms with Crippen molar-refractivity contribution in [1.82, 2.24) is 10.3 Å². The molecule has 0 unspecified atom stereocenters. The lowest BCUT2D eigenvalue weighted by Crippen LogP contribution is -2.42. The van der Waals surface area contributed by atoms with E-state index in [0.29, 0.717) is 31.7 Å². The summed E-state index contributed by atoms with van der Waals surface area (Å²) in [6, 6.07) is 9.07. The summed E-state index contributed by atoms with van der Waals surface area (Å²) in [5.74, 6) is 1.21. The van der Waals surface area contributed by atoms with Crippen molar-refractivity contribution in [2.24, 2.45) is 5.92 Å². The zero-order valence-corrected chi connectivity index (χ0v) is 17.7. The molecule has 0 saturated carbocycles. The van der Waals surface area contributed by atoms with E-state index in [9.17, 15) is 18.0 Å². The lowest BCUT2D eigenvalue weighted by molar-refractivity contribution is -0.137. The predicted molar refractivity (Wildman–Crippen MR) is 112 cm³/mol. The number of carbonyl (C=O) groups is 1. The number of piperidine rings is 1. The summed E-state index contributed by atoms with van der Waals surface area (Å²) < 4.78 is 38.4. The van der Waals surface area contributed by atoms with Gasteiger partial charge in [-0.1, -0.05) is 29.8 Å². The highest BCUT2D eigenvalue weighted by atomic mass is 35.5. The average molecular weight is 456 g/mol. The van der Waals surface area contributed by atoms with E-state index in [-0.39, 0.29) is 22.9 Å². The Bertz CT molecular complexity index is 932. The lowest BCUT2D eigenvalue weighted by atomic mass is 9.94. The van der Waals surface area contributed by atoms with Gasteiger partial charge in [0.25, 0.3) is 0 Å². The number of anilines is 1. The van der Waals surface area contributed by atoms with Crippen LogP contribution in [0, 0.1) is 5.92 Å². The smallest absolute Gasteiger partial charge is 0.355 e. The third-order valence-electron chi connectivity index (χ3n) is 5.59. The number of alkyl halides is 3. The second-order valence-corrected chi connectivity index (χ2v) is 9.07. The highest BCUT2D eigenvalue weighted by molar-refractivity contribution is 7.99. The van der Waals surface area contributed by atoms with Crippen LogP contribution in [0.4, 0.5) is 19.0 Å². The fourth-order valence-corrected chi connectivity index (χ4v) is 5.36. The van der Waals surface area contributed by atoms with Crippen molar-refractivity contribution in [3.05, 3.63) is 52.7 Å². The molecule has 9 heteroatoms. The Kier molecular flexibility index (Phi) is 6.16. The normalized spacial score (nSPS) is 20.0. The minimum absolute atomic E-state index is 0.0240. The van der Waals surface area contributed by atoms with Gasteiger partial charge in [0, 0.05) is 35.9 Å². The summed E-state index contributed by atoms with van der Waals surface area (Å²) in [6.45, 7) is 1.04. The fourth-order valence-electron chi connectivity index (χ4n) is 3.95. The van der Waals surface area contributed by atoms with Crippen molar-refractivity contribution in [3.8, 4) is 0 Å². The van der Waals surface area contributed by atoms with Crippen LogP contribution in [0.3, 0.4) is 0 Å². The molecule has 30 heavy (non-hydrogen) atoms. The molecule has 2 aliphatic rings. The summed E-state index contributed by atoms with van der Waals surface area (Å²) in [7, 11) is 0. The number of aromatic nitrogens is 1. The third kappa shape index (κ3) is 4.54. The molecule has 160 valence electrons. The third-order valence-corrected chi connectivity index (χ3v) is 6.99. The maximum atomic E-state index is 12.8. The molecule has 0 bridgehead atoms. The fraction of sp³-hybridized carbons (Fsp3) is 0.429. The predicted octanol–water partition coefficient (Wildman–Crippen LogP) is 5.32. The van der Waals surface area contributed by atoms with E-state index in [1.54, 1.807) is 0 Å². The van der Waals surface area contributed by atoms with Crippen molar-refractivity contribution < 1.29 is 18.0 Å². The number of thioether (sulfide) groups is 1. The molecule has 0 radical (unpaired) electrons. The van der Waals surface area contributed by atoms with Crippen molar-refractivity contribution in [1.29, 1.82) is 0 Å². The SMILES string of the molecule is O=C(N[C@@H]1CCSc2ccccc21)C1CCN(c2ncc(C(F)(F)F)cc2Cl)CC1. The highest BCUT2D eigenvalue weighted by Gasteiger charge is 2.33. The van der Waals surface area contributed by atoms with Crippen molar-refractivity contribution in [3.63, 3.8) is 0 Å². The quantitative estimate of drug-likeness (QED) is 0.680. The summed E-state index contributed by atoms with van der Waals surface area (Å²) in [5, 5.41) is 3.17. The van der Waals surface area contributed by atoms with Crippen LogP contribution in [0.2, 0.25) is 5.02 Å². The van der Waals surface area contributed by atoms with E-state index in [2.05, 4.69) is 22.4 Å². The van der Waals surface area contributed by atoms with Gasteiger partial charge >= 0.3 is 6.18 Å². The second-order valence-electron chi connectivity index (χ2n) is 7.52. The lowest BCUT2D eigenvalue weighted by Gasteiger charge is -2.34. The van der Waals surface area contributed by atoms with Crippen LogP contribution in [0.5, 0.6) is 0 Å². The number of rotatable bonds is 3. The van der Waals surface area contributed by atoms with Gasteiger partial charge in [0.05, 0.1) is 16.6 Å². The molecular weight excluding hydrogens is 435 g/mol. The standard InChI is InChI=1S/C21H21ClF3N3OS/c22-16-11-14(21(23,24)25)12-26-19(16)28-8-5-13(6-9-28)20(29)27-17-7-10-30-18-4-2-1-3-15(17)18/h1-4,11-13,17H,5-10H2,(H,27,29)/t17-/m1/s1. The van der Waals surface area contributed by atoms with E-state index < -0.39 is 11.7 Å². The van der Waals surface area contributed by atoms with E-state index in [4.69, 9.17) is 11.6 Å². The Labute approximate surface area is 182 Å². The maximum Gasteiger partial charge on any atom is 0.417 e. The van der Waals surface area contributed by atoms with Gasteiger partial charge in [-0.25, -0.2) is 4.98 Å². The minimum Gasteiger partial charge on any atom is -0.355 e. The van der Waals surface area contributed by atoms with E-state index in [1.165, 1.54) is 10.5 Å². The van der Waals surface area contributed by atoms with Gasteiger partial charge in [-0.3, -0.25) is 4.79 Å². The summed E-state index contributed by atoms with van der Waals surface area (Å²) in [4.78, 5) is 19.8. The van der Waals surface area contributed by atoms with Gasteiger partial charge in [0.15, 0.2) is 0 Å². The maximum absolute atomic E-state index is 12.8. The molecule has 1 aromatic carbocycles. The molecule has 1 aromatic heterocycles. The molecule has 1 saturated heterocycles. The first kappa shape index (κ1) is 21.3. The van der Waals surface area contributed by atoms with Crippen molar-refractivity contribution in [2.75, 3.05) is 23.7 Å². The second kappa shape index (κ2) is 8.67. The average Bonchev–Trinajstić information content (AvgIpc) is 2.73. The molecule has 1 amide bonds. The zero-order chi connectivity index (χ0) is 21.3. The summed E-state index contributed by atoms with van der Waals surface area (Å²) in [5.41, 5.74) is 0.303. The van der Waals surface area contributed by atoms with Gasteiger partial charge in [-0.2, -0.15) is 13.2 Å². The van der Waals surface area contributed by atoms with Gasteiger partial charge in [0.2, 0.25) is 5.91 Å². The topological polar surface area (TPSA) is 45.2 Å². The minimum atomic E-state index is -4.48. The molecule has 1 fully saturated rings. The number of amides is 1. The van der Waals surface area contributed by atoms with Crippen LogP contribution in [-0.4, -0.2) is 29.7 Å².